The van der Waals surface area contributed by atoms with Crippen molar-refractivity contribution < 1.29 is 14.4 Å². The first kappa shape index (κ1) is 15.9. The molecule has 1 fully saturated rings. The molecule has 118 valence electrons. The normalized spacial score (nSPS) is 19.9. The summed E-state index contributed by atoms with van der Waals surface area (Å²) < 4.78 is 5.09. The number of likely N-dealkylation sites (tertiary alicyclic amines) is 1. The molecule has 0 spiro atoms. The molecule has 7 heteroatoms. The van der Waals surface area contributed by atoms with Gasteiger partial charge in [0.15, 0.2) is 5.82 Å². The minimum Gasteiger partial charge on any atom is -0.392 e. The number of hydrogen-bond donors (Lipinski definition) is 2. The Morgan fingerprint density at radius 2 is 2.38 bits per heavy atom. The zero-order chi connectivity index (χ0) is 15.2. The monoisotopic (exact) mass is 296 g/mol. The molecular formula is C14H24N4O3. The van der Waals surface area contributed by atoms with Gasteiger partial charge in [-0.25, -0.2) is 0 Å². The third-order valence-corrected chi connectivity index (χ3v) is 3.39. The van der Waals surface area contributed by atoms with Gasteiger partial charge in [0.05, 0.1) is 19.2 Å². The van der Waals surface area contributed by atoms with Gasteiger partial charge in [-0.05, 0) is 25.3 Å². The van der Waals surface area contributed by atoms with E-state index in [0.717, 1.165) is 25.8 Å². The van der Waals surface area contributed by atoms with E-state index in [1.54, 1.807) is 0 Å². The number of rotatable bonds is 6. The number of carbonyl (C=O) groups is 1. The number of nitrogens with zero attached hydrogens (tertiary/aromatic N) is 3. The third-order valence-electron chi connectivity index (χ3n) is 3.39. The number of amides is 1. The summed E-state index contributed by atoms with van der Waals surface area (Å²) >= 11 is 0. The van der Waals surface area contributed by atoms with Gasteiger partial charge in [0, 0.05) is 13.0 Å². The smallest absolute Gasteiger partial charge is 0.246 e. The van der Waals surface area contributed by atoms with E-state index in [-0.39, 0.29) is 18.6 Å². The molecule has 1 amide bonds. The van der Waals surface area contributed by atoms with Crippen molar-refractivity contribution in [2.75, 3.05) is 19.6 Å². The van der Waals surface area contributed by atoms with Gasteiger partial charge in [-0.3, -0.25) is 9.69 Å². The van der Waals surface area contributed by atoms with Crippen LogP contribution in [-0.2, 0) is 17.8 Å². The Morgan fingerprint density at radius 1 is 1.57 bits per heavy atom. The number of carbonyl (C=O) groups excluding carboxylic acids is 1. The van der Waals surface area contributed by atoms with Crippen molar-refractivity contribution in [3.8, 4) is 0 Å². The molecule has 0 aliphatic carbocycles. The van der Waals surface area contributed by atoms with E-state index in [2.05, 4.69) is 29.3 Å². The highest BCUT2D eigenvalue weighted by Gasteiger charge is 2.19. The van der Waals surface area contributed by atoms with Gasteiger partial charge in [0.1, 0.15) is 0 Å². The summed E-state index contributed by atoms with van der Waals surface area (Å²) in [7, 11) is 0. The first-order chi connectivity index (χ1) is 10.0. The highest BCUT2D eigenvalue weighted by Crippen LogP contribution is 2.09. The van der Waals surface area contributed by atoms with Crippen LogP contribution in [0.1, 0.15) is 38.4 Å². The van der Waals surface area contributed by atoms with Crippen LogP contribution < -0.4 is 5.32 Å². The Morgan fingerprint density at radius 3 is 3.10 bits per heavy atom. The van der Waals surface area contributed by atoms with E-state index in [1.807, 2.05) is 4.90 Å². The lowest BCUT2D eigenvalue weighted by Crippen LogP contribution is -2.44. The summed E-state index contributed by atoms with van der Waals surface area (Å²) in [6.45, 7) is 6.14. The molecule has 1 aromatic heterocycles. The van der Waals surface area contributed by atoms with Gasteiger partial charge in [-0.1, -0.05) is 19.0 Å². The number of hydrogen-bond acceptors (Lipinski definition) is 6. The van der Waals surface area contributed by atoms with Crippen LogP contribution in [0.5, 0.6) is 0 Å². The van der Waals surface area contributed by atoms with Crippen LogP contribution in [0.3, 0.4) is 0 Å². The number of aliphatic hydroxyl groups is 1. The number of aliphatic hydroxyl groups excluding tert-OH is 1. The Bertz CT molecular complexity index is 461. The molecule has 1 atom stereocenters. The van der Waals surface area contributed by atoms with Gasteiger partial charge >= 0.3 is 0 Å². The van der Waals surface area contributed by atoms with Gasteiger partial charge < -0.3 is 14.9 Å². The lowest BCUT2D eigenvalue weighted by molar-refractivity contribution is -0.123. The summed E-state index contributed by atoms with van der Waals surface area (Å²) in [5.74, 6) is 1.48. The van der Waals surface area contributed by atoms with E-state index < -0.39 is 0 Å². The molecule has 0 saturated carbocycles. The third kappa shape index (κ3) is 5.43. The molecule has 2 N–H and O–H groups in total. The van der Waals surface area contributed by atoms with Crippen molar-refractivity contribution in [3.05, 3.63) is 11.7 Å². The Labute approximate surface area is 124 Å². The molecule has 0 bridgehead atoms. The summed E-state index contributed by atoms with van der Waals surface area (Å²) in [5, 5.41) is 16.2. The van der Waals surface area contributed by atoms with Gasteiger partial charge in [0.25, 0.3) is 0 Å². The van der Waals surface area contributed by atoms with Gasteiger partial charge in [0.2, 0.25) is 11.8 Å². The van der Waals surface area contributed by atoms with Crippen molar-refractivity contribution in [1.82, 2.24) is 20.4 Å². The predicted molar refractivity (Wildman–Crippen MR) is 76.4 cm³/mol. The van der Waals surface area contributed by atoms with Crippen LogP contribution in [-0.4, -0.2) is 51.8 Å². The molecule has 1 aliphatic rings. The largest absolute Gasteiger partial charge is 0.392 e. The molecule has 1 saturated heterocycles. The first-order valence-electron chi connectivity index (χ1n) is 7.51. The van der Waals surface area contributed by atoms with E-state index in [0.29, 0.717) is 30.7 Å². The lowest BCUT2D eigenvalue weighted by Gasteiger charge is -2.29. The minimum atomic E-state index is -0.318. The molecule has 7 nitrogen and oxygen atoms in total. The zero-order valence-corrected chi connectivity index (χ0v) is 12.7. The van der Waals surface area contributed by atoms with E-state index >= 15 is 0 Å². The maximum Gasteiger partial charge on any atom is 0.246 e. The maximum atomic E-state index is 11.9. The van der Waals surface area contributed by atoms with Crippen molar-refractivity contribution >= 4 is 5.91 Å². The number of β-amino-alcohol motifs (C(OH)–C–C–N with tert-alkyl or cyclic N) is 1. The second kappa shape index (κ2) is 7.51. The SMILES string of the molecule is CC(C)Cc1noc(CNC(=O)CN2CCCC(O)C2)n1. The highest BCUT2D eigenvalue weighted by molar-refractivity contribution is 5.77. The predicted octanol–water partition coefficient (Wildman–Crippen LogP) is 0.341. The van der Waals surface area contributed by atoms with E-state index in [9.17, 15) is 9.90 Å². The first-order valence-corrected chi connectivity index (χ1v) is 7.51. The number of nitrogens with one attached hydrogen (secondary N) is 1. The standard InChI is InChI=1S/C14H24N4O3/c1-10(2)6-12-16-14(21-17-12)7-15-13(20)9-18-5-3-4-11(19)8-18/h10-11,19H,3-9H2,1-2H3,(H,15,20). The number of piperidine rings is 1. The Kier molecular flexibility index (Phi) is 5.69. The summed E-state index contributed by atoms with van der Waals surface area (Å²) in [5.41, 5.74) is 0. The molecule has 1 unspecified atom stereocenters. The van der Waals surface area contributed by atoms with Crippen molar-refractivity contribution in [3.63, 3.8) is 0 Å². The average Bonchev–Trinajstić information content (AvgIpc) is 2.83. The lowest BCUT2D eigenvalue weighted by atomic mass is 10.1. The fourth-order valence-corrected chi connectivity index (χ4v) is 2.42. The molecule has 1 aromatic rings. The zero-order valence-electron chi connectivity index (χ0n) is 12.7. The van der Waals surface area contributed by atoms with Crippen LogP contribution in [0.25, 0.3) is 0 Å². The Balaban J connectivity index is 1.72. The van der Waals surface area contributed by atoms with Crippen LogP contribution in [0.15, 0.2) is 4.52 Å². The molecule has 1 aliphatic heterocycles. The van der Waals surface area contributed by atoms with Crippen LogP contribution >= 0.6 is 0 Å². The van der Waals surface area contributed by atoms with Crippen LogP contribution in [0, 0.1) is 5.92 Å². The molecule has 2 heterocycles. The Hall–Kier alpha value is -1.47. The number of aromatic nitrogens is 2. The van der Waals surface area contributed by atoms with Gasteiger partial charge in [-0.2, -0.15) is 4.98 Å². The van der Waals surface area contributed by atoms with Crippen LogP contribution in [0.2, 0.25) is 0 Å². The van der Waals surface area contributed by atoms with Gasteiger partial charge in [-0.15, -0.1) is 0 Å². The topological polar surface area (TPSA) is 91.5 Å². The van der Waals surface area contributed by atoms with E-state index in [1.165, 1.54) is 0 Å². The maximum absolute atomic E-state index is 11.9. The van der Waals surface area contributed by atoms with Crippen LogP contribution in [0.4, 0.5) is 0 Å². The van der Waals surface area contributed by atoms with Crippen molar-refractivity contribution in [1.29, 1.82) is 0 Å². The molecule has 21 heavy (non-hydrogen) atoms. The summed E-state index contributed by atoms with van der Waals surface area (Å²) in [6.07, 6.45) is 2.19. The average molecular weight is 296 g/mol. The molecule has 0 radical (unpaired) electrons. The molecule has 0 aromatic carbocycles. The second-order valence-corrected chi connectivity index (χ2v) is 6.01. The highest BCUT2D eigenvalue weighted by atomic mass is 16.5. The molecule has 2 rings (SSSR count). The second-order valence-electron chi connectivity index (χ2n) is 6.01. The fraction of sp³-hybridized carbons (Fsp3) is 0.786. The molecular weight excluding hydrogens is 272 g/mol. The minimum absolute atomic E-state index is 0.0901. The fourth-order valence-electron chi connectivity index (χ4n) is 2.42. The quantitative estimate of drug-likeness (QED) is 0.786. The summed E-state index contributed by atoms with van der Waals surface area (Å²) in [4.78, 5) is 18.0. The van der Waals surface area contributed by atoms with Crippen molar-refractivity contribution in [2.24, 2.45) is 5.92 Å². The van der Waals surface area contributed by atoms with E-state index in [4.69, 9.17) is 4.52 Å². The summed E-state index contributed by atoms with van der Waals surface area (Å²) in [6, 6.07) is 0. The van der Waals surface area contributed by atoms with Crippen molar-refractivity contribution in [2.45, 2.75) is 45.8 Å².